The van der Waals surface area contributed by atoms with Gasteiger partial charge in [0.2, 0.25) is 6.04 Å². The minimum atomic E-state index is -1.67. The van der Waals surface area contributed by atoms with Crippen LogP contribution in [0.25, 0.3) is 0 Å². The van der Waals surface area contributed by atoms with Gasteiger partial charge in [-0.05, 0) is 29.7 Å². The van der Waals surface area contributed by atoms with Crippen molar-refractivity contribution in [3.8, 4) is 0 Å². The zero-order valence-corrected chi connectivity index (χ0v) is 19.4. The van der Waals surface area contributed by atoms with Crippen LogP contribution in [0.15, 0.2) is 78.9 Å². The van der Waals surface area contributed by atoms with E-state index in [0.717, 1.165) is 24.3 Å². The summed E-state index contributed by atoms with van der Waals surface area (Å²) in [5.41, 5.74) is 6.45. The van der Waals surface area contributed by atoms with E-state index in [4.69, 9.17) is 10.5 Å². The molecule has 0 aliphatic rings. The normalized spacial score (nSPS) is 11.5. The largest absolute Gasteiger partial charge is 0.478 e. The summed E-state index contributed by atoms with van der Waals surface area (Å²) in [5, 5.41) is 21.2. The molecule has 36 heavy (non-hydrogen) atoms. The standard InChI is InChI=1S/C26H25N3O7/c1-36-26(33)23(24(27)30)28(21-13-12-19(25(31)32)16-22(21)29(34)35)15-14-20(17-8-4-2-5-9-17)18-10-6-3-7-11-18/h2-13,16,20,23H,14-15H2,1H3,(H2,27,30)(H,31,32). The number of anilines is 1. The molecule has 10 heteroatoms. The number of esters is 1. The summed E-state index contributed by atoms with van der Waals surface area (Å²) in [6.07, 6.45) is 0.340. The Morgan fingerprint density at radius 3 is 2.00 bits per heavy atom. The van der Waals surface area contributed by atoms with Gasteiger partial charge in [-0.2, -0.15) is 0 Å². The van der Waals surface area contributed by atoms with E-state index in [1.807, 2.05) is 60.7 Å². The molecule has 0 spiro atoms. The maximum absolute atomic E-state index is 12.6. The second-order valence-corrected chi connectivity index (χ2v) is 7.95. The number of primary amides is 1. The fraction of sp³-hybridized carbons (Fsp3) is 0.192. The maximum Gasteiger partial charge on any atom is 0.338 e. The molecule has 0 aromatic heterocycles. The predicted octanol–water partition coefficient (Wildman–Crippen LogP) is 3.35. The number of nitro groups is 1. The second-order valence-electron chi connectivity index (χ2n) is 7.95. The Hall–Kier alpha value is -4.73. The molecule has 0 radical (unpaired) electrons. The van der Waals surface area contributed by atoms with E-state index in [1.54, 1.807) is 0 Å². The van der Waals surface area contributed by atoms with E-state index < -0.39 is 34.5 Å². The highest BCUT2D eigenvalue weighted by Gasteiger charge is 2.36. The Bertz CT molecular complexity index is 1210. The zero-order valence-electron chi connectivity index (χ0n) is 19.4. The molecular formula is C26H25N3O7. The molecule has 0 bridgehead atoms. The molecule has 3 rings (SSSR count). The van der Waals surface area contributed by atoms with Gasteiger partial charge in [-0.25, -0.2) is 9.59 Å². The van der Waals surface area contributed by atoms with Crippen molar-refractivity contribution >= 4 is 29.2 Å². The molecule has 3 N–H and O–H groups in total. The van der Waals surface area contributed by atoms with Gasteiger partial charge in [-0.3, -0.25) is 14.9 Å². The number of hydrogen-bond donors (Lipinski definition) is 2. The lowest BCUT2D eigenvalue weighted by molar-refractivity contribution is -0.384. The molecule has 3 aromatic carbocycles. The van der Waals surface area contributed by atoms with Crippen molar-refractivity contribution in [1.82, 2.24) is 0 Å². The van der Waals surface area contributed by atoms with Crippen molar-refractivity contribution < 1.29 is 29.2 Å². The molecule has 186 valence electrons. The van der Waals surface area contributed by atoms with E-state index in [9.17, 15) is 29.6 Å². The molecule has 0 aliphatic carbocycles. The zero-order chi connectivity index (χ0) is 26.2. The van der Waals surface area contributed by atoms with Gasteiger partial charge in [-0.15, -0.1) is 0 Å². The summed E-state index contributed by atoms with van der Waals surface area (Å²) in [4.78, 5) is 48.7. The lowest BCUT2D eigenvalue weighted by Gasteiger charge is -2.31. The third-order valence-electron chi connectivity index (χ3n) is 5.80. The number of amides is 1. The number of ether oxygens (including phenoxy) is 1. The molecule has 3 aromatic rings. The number of aromatic carboxylic acids is 1. The van der Waals surface area contributed by atoms with E-state index in [1.165, 1.54) is 17.0 Å². The first-order valence-electron chi connectivity index (χ1n) is 11.0. The number of carboxylic acid groups (broad SMARTS) is 1. The number of carbonyl (C=O) groups is 3. The predicted molar refractivity (Wildman–Crippen MR) is 132 cm³/mol. The smallest absolute Gasteiger partial charge is 0.338 e. The highest BCUT2D eigenvalue weighted by atomic mass is 16.6. The monoisotopic (exact) mass is 491 g/mol. The number of rotatable bonds is 11. The molecule has 1 unspecified atom stereocenters. The number of carboxylic acids is 1. The Balaban J connectivity index is 2.11. The van der Waals surface area contributed by atoms with Crippen LogP contribution in [0.5, 0.6) is 0 Å². The molecule has 0 saturated heterocycles. The molecule has 1 atom stereocenters. The van der Waals surface area contributed by atoms with E-state index in [0.29, 0.717) is 6.42 Å². The van der Waals surface area contributed by atoms with Gasteiger partial charge in [0.25, 0.3) is 11.6 Å². The van der Waals surface area contributed by atoms with Crippen LogP contribution in [-0.4, -0.2) is 47.6 Å². The number of benzene rings is 3. The first kappa shape index (κ1) is 25.9. The Morgan fingerprint density at radius 2 is 1.56 bits per heavy atom. The Kier molecular flexibility index (Phi) is 8.35. The van der Waals surface area contributed by atoms with E-state index in [-0.39, 0.29) is 23.7 Å². The average Bonchev–Trinajstić information content (AvgIpc) is 2.88. The molecular weight excluding hydrogens is 466 g/mol. The van der Waals surface area contributed by atoms with Crippen LogP contribution in [0.1, 0.15) is 33.8 Å². The number of nitro benzene ring substituents is 1. The highest BCUT2D eigenvalue weighted by Crippen LogP contribution is 2.34. The van der Waals surface area contributed by atoms with Crippen LogP contribution in [-0.2, 0) is 14.3 Å². The molecule has 0 fully saturated rings. The summed E-state index contributed by atoms with van der Waals surface area (Å²) in [6, 6.07) is 20.7. The SMILES string of the molecule is COC(=O)C(C(N)=O)N(CCC(c1ccccc1)c1ccccc1)c1ccc(C(=O)O)cc1[N+](=O)[O-]. The van der Waals surface area contributed by atoms with Crippen LogP contribution in [0.2, 0.25) is 0 Å². The van der Waals surface area contributed by atoms with Gasteiger partial charge < -0.3 is 20.5 Å². The topological polar surface area (TPSA) is 153 Å². The van der Waals surface area contributed by atoms with Crippen molar-refractivity contribution in [1.29, 1.82) is 0 Å². The van der Waals surface area contributed by atoms with Crippen LogP contribution in [0.4, 0.5) is 11.4 Å². The summed E-state index contributed by atoms with van der Waals surface area (Å²) in [6.45, 7) is -0.00950. The number of carbonyl (C=O) groups excluding carboxylic acids is 2. The van der Waals surface area contributed by atoms with Gasteiger partial charge in [0.05, 0.1) is 17.6 Å². The highest BCUT2D eigenvalue weighted by molar-refractivity contribution is 6.05. The van der Waals surface area contributed by atoms with Crippen molar-refractivity contribution in [2.45, 2.75) is 18.4 Å². The van der Waals surface area contributed by atoms with Gasteiger partial charge >= 0.3 is 11.9 Å². The van der Waals surface area contributed by atoms with Gasteiger partial charge in [0.1, 0.15) is 5.69 Å². The summed E-state index contributed by atoms with van der Waals surface area (Å²) in [5.74, 6) is -3.59. The third kappa shape index (κ3) is 5.84. The van der Waals surface area contributed by atoms with Crippen molar-refractivity contribution in [3.05, 3.63) is 106 Å². The number of nitrogens with zero attached hydrogens (tertiary/aromatic N) is 2. The van der Waals surface area contributed by atoms with E-state index in [2.05, 4.69) is 0 Å². The summed E-state index contributed by atoms with van der Waals surface area (Å²) >= 11 is 0. The molecule has 10 nitrogen and oxygen atoms in total. The van der Waals surface area contributed by atoms with Gasteiger partial charge in [0.15, 0.2) is 0 Å². The average molecular weight is 492 g/mol. The lowest BCUT2D eigenvalue weighted by Crippen LogP contribution is -2.51. The Labute approximate surface area is 207 Å². The number of nitrogens with two attached hydrogens (primary N) is 1. The fourth-order valence-electron chi connectivity index (χ4n) is 4.11. The second kappa shape index (κ2) is 11.6. The quantitative estimate of drug-likeness (QED) is 0.179. The fourth-order valence-corrected chi connectivity index (χ4v) is 4.11. The first-order valence-corrected chi connectivity index (χ1v) is 11.0. The first-order chi connectivity index (χ1) is 17.2. The molecule has 1 amide bonds. The molecule has 0 heterocycles. The minimum Gasteiger partial charge on any atom is -0.478 e. The van der Waals surface area contributed by atoms with Gasteiger partial charge in [0, 0.05) is 18.5 Å². The van der Waals surface area contributed by atoms with Crippen molar-refractivity contribution in [2.24, 2.45) is 5.73 Å². The molecule has 0 saturated carbocycles. The van der Waals surface area contributed by atoms with Gasteiger partial charge in [-0.1, -0.05) is 60.7 Å². The van der Waals surface area contributed by atoms with Crippen molar-refractivity contribution in [2.75, 3.05) is 18.6 Å². The summed E-state index contributed by atoms with van der Waals surface area (Å²) in [7, 11) is 1.08. The third-order valence-corrected chi connectivity index (χ3v) is 5.80. The minimum absolute atomic E-state index is 0.00950. The maximum atomic E-state index is 12.6. The van der Waals surface area contributed by atoms with Crippen LogP contribution < -0.4 is 10.6 Å². The number of hydrogen-bond acceptors (Lipinski definition) is 7. The summed E-state index contributed by atoms with van der Waals surface area (Å²) < 4.78 is 4.77. The van der Waals surface area contributed by atoms with Crippen molar-refractivity contribution in [3.63, 3.8) is 0 Å². The number of methoxy groups -OCH3 is 1. The lowest BCUT2D eigenvalue weighted by atomic mass is 9.88. The van der Waals surface area contributed by atoms with E-state index >= 15 is 0 Å². The van der Waals surface area contributed by atoms with Crippen LogP contribution in [0.3, 0.4) is 0 Å². The van der Waals surface area contributed by atoms with Crippen LogP contribution >= 0.6 is 0 Å². The van der Waals surface area contributed by atoms with Crippen LogP contribution in [0, 0.1) is 10.1 Å². The Morgan fingerprint density at radius 1 is 1.00 bits per heavy atom. The molecule has 0 aliphatic heterocycles.